The number of pyridine rings is 1. The van der Waals surface area contributed by atoms with Gasteiger partial charge in [0.05, 0.1) is 11.6 Å². The highest BCUT2D eigenvalue weighted by molar-refractivity contribution is 6.31. The fourth-order valence-corrected chi connectivity index (χ4v) is 2.71. The van der Waals surface area contributed by atoms with Crippen LogP contribution in [0.3, 0.4) is 0 Å². The van der Waals surface area contributed by atoms with Crippen molar-refractivity contribution < 1.29 is 0 Å². The van der Waals surface area contributed by atoms with Crippen molar-refractivity contribution in [3.05, 3.63) is 57.7 Å². The predicted octanol–water partition coefficient (Wildman–Crippen LogP) is 4.42. The van der Waals surface area contributed by atoms with Gasteiger partial charge in [0.1, 0.15) is 11.9 Å². The molecule has 21 heavy (non-hydrogen) atoms. The van der Waals surface area contributed by atoms with Gasteiger partial charge in [-0.15, -0.1) is 0 Å². The summed E-state index contributed by atoms with van der Waals surface area (Å²) in [5.74, 6) is 0.697. The molecule has 1 heterocycles. The number of anilines is 1. The lowest BCUT2D eigenvalue weighted by molar-refractivity contribution is 0.725. The van der Waals surface area contributed by atoms with E-state index in [0.717, 1.165) is 21.8 Å². The molecule has 0 fully saturated rings. The van der Waals surface area contributed by atoms with Crippen molar-refractivity contribution in [2.45, 2.75) is 26.8 Å². The number of benzene rings is 1. The number of nitrogens with zero attached hydrogens (tertiary/aromatic N) is 3. The molecule has 0 aliphatic heterocycles. The minimum Gasteiger partial charge on any atom is -0.352 e. The molecule has 2 aromatic rings. The van der Waals surface area contributed by atoms with Gasteiger partial charge in [0, 0.05) is 17.8 Å². The first-order valence-electron chi connectivity index (χ1n) is 6.81. The standard InChI is InChI=1S/C17H18ClN3/c1-11-9-12(2)20-17(15(11)10-19)21(4)13(3)14-7-5-6-8-16(14)18/h5-9,13H,1-4H3. The van der Waals surface area contributed by atoms with Crippen molar-refractivity contribution >= 4 is 17.4 Å². The van der Waals surface area contributed by atoms with Crippen LogP contribution in [0.2, 0.25) is 5.02 Å². The van der Waals surface area contributed by atoms with E-state index in [0.29, 0.717) is 11.4 Å². The molecule has 0 amide bonds. The second-order valence-corrected chi connectivity index (χ2v) is 5.61. The molecule has 4 heteroatoms. The van der Waals surface area contributed by atoms with Crippen molar-refractivity contribution in [1.29, 1.82) is 5.26 Å². The summed E-state index contributed by atoms with van der Waals surface area (Å²) >= 11 is 6.27. The molecule has 2 rings (SSSR count). The van der Waals surface area contributed by atoms with Crippen molar-refractivity contribution in [3.63, 3.8) is 0 Å². The van der Waals surface area contributed by atoms with Gasteiger partial charge in [0.25, 0.3) is 0 Å². The second-order valence-electron chi connectivity index (χ2n) is 5.20. The van der Waals surface area contributed by atoms with Crippen molar-refractivity contribution in [2.24, 2.45) is 0 Å². The second kappa shape index (κ2) is 6.15. The molecule has 0 saturated carbocycles. The summed E-state index contributed by atoms with van der Waals surface area (Å²) < 4.78 is 0. The summed E-state index contributed by atoms with van der Waals surface area (Å²) in [6, 6.07) is 12.0. The number of nitriles is 1. The molecular formula is C17H18ClN3. The van der Waals surface area contributed by atoms with Gasteiger partial charge in [-0.3, -0.25) is 0 Å². The van der Waals surface area contributed by atoms with Crippen LogP contribution in [0.4, 0.5) is 5.82 Å². The van der Waals surface area contributed by atoms with Crippen LogP contribution in [0.1, 0.15) is 35.3 Å². The first-order chi connectivity index (χ1) is 9.95. The van der Waals surface area contributed by atoms with Crippen LogP contribution in [0.15, 0.2) is 30.3 Å². The van der Waals surface area contributed by atoms with E-state index >= 15 is 0 Å². The zero-order valence-electron chi connectivity index (χ0n) is 12.7. The quantitative estimate of drug-likeness (QED) is 0.842. The van der Waals surface area contributed by atoms with E-state index in [-0.39, 0.29) is 6.04 Å². The predicted molar refractivity (Wildman–Crippen MR) is 86.7 cm³/mol. The molecule has 3 nitrogen and oxygen atoms in total. The first-order valence-corrected chi connectivity index (χ1v) is 7.19. The van der Waals surface area contributed by atoms with Gasteiger partial charge in [0.15, 0.2) is 0 Å². The highest BCUT2D eigenvalue weighted by Crippen LogP contribution is 2.31. The molecule has 0 aliphatic rings. The molecule has 0 spiro atoms. The number of rotatable bonds is 3. The summed E-state index contributed by atoms with van der Waals surface area (Å²) in [6.07, 6.45) is 0. The number of hydrogen-bond donors (Lipinski definition) is 0. The van der Waals surface area contributed by atoms with Gasteiger partial charge in [0.2, 0.25) is 0 Å². The van der Waals surface area contributed by atoms with Crippen molar-refractivity contribution in [1.82, 2.24) is 4.98 Å². The van der Waals surface area contributed by atoms with Crippen molar-refractivity contribution in [2.75, 3.05) is 11.9 Å². The minimum absolute atomic E-state index is 0.0273. The first kappa shape index (κ1) is 15.3. The maximum Gasteiger partial charge on any atom is 0.147 e. The van der Waals surface area contributed by atoms with E-state index in [2.05, 4.69) is 18.0 Å². The highest BCUT2D eigenvalue weighted by Gasteiger charge is 2.20. The average molecular weight is 300 g/mol. The SMILES string of the molecule is Cc1cc(C)c(C#N)c(N(C)C(C)c2ccccc2Cl)n1. The van der Waals surface area contributed by atoms with Crippen molar-refractivity contribution in [3.8, 4) is 6.07 Å². The zero-order valence-corrected chi connectivity index (χ0v) is 13.4. The number of aryl methyl sites for hydroxylation is 2. The molecule has 0 aliphatic carbocycles. The largest absolute Gasteiger partial charge is 0.352 e. The molecule has 1 aromatic carbocycles. The Hall–Kier alpha value is -2.05. The molecular weight excluding hydrogens is 282 g/mol. The number of aromatic nitrogens is 1. The molecule has 0 bridgehead atoms. The molecule has 1 atom stereocenters. The summed E-state index contributed by atoms with van der Waals surface area (Å²) in [5, 5.41) is 10.1. The van der Waals surface area contributed by atoms with Gasteiger partial charge in [-0.1, -0.05) is 29.8 Å². The van der Waals surface area contributed by atoms with E-state index in [1.165, 1.54) is 0 Å². The Morgan fingerprint density at radius 3 is 2.57 bits per heavy atom. The van der Waals surface area contributed by atoms with Gasteiger partial charge >= 0.3 is 0 Å². The number of halogens is 1. The van der Waals surface area contributed by atoms with Crippen LogP contribution in [0.5, 0.6) is 0 Å². The van der Waals surface area contributed by atoms with Gasteiger partial charge in [-0.05, 0) is 44.0 Å². The Morgan fingerprint density at radius 1 is 1.29 bits per heavy atom. The molecule has 1 aromatic heterocycles. The summed E-state index contributed by atoms with van der Waals surface area (Å²) in [5.41, 5.74) is 3.48. The van der Waals surface area contributed by atoms with E-state index in [1.54, 1.807) is 0 Å². The van der Waals surface area contributed by atoms with Crippen LogP contribution in [-0.4, -0.2) is 12.0 Å². The molecule has 0 saturated heterocycles. The normalized spacial score (nSPS) is 11.8. The molecule has 0 N–H and O–H groups in total. The highest BCUT2D eigenvalue weighted by atomic mass is 35.5. The van der Waals surface area contributed by atoms with E-state index in [4.69, 9.17) is 11.6 Å². The number of hydrogen-bond acceptors (Lipinski definition) is 3. The maximum absolute atomic E-state index is 9.40. The smallest absolute Gasteiger partial charge is 0.147 e. The average Bonchev–Trinajstić information content (AvgIpc) is 2.45. The summed E-state index contributed by atoms with van der Waals surface area (Å²) in [7, 11) is 1.94. The maximum atomic E-state index is 9.40. The molecule has 108 valence electrons. The third-order valence-corrected chi connectivity index (χ3v) is 4.05. The summed E-state index contributed by atoms with van der Waals surface area (Å²) in [6.45, 7) is 5.93. The Morgan fingerprint density at radius 2 is 1.95 bits per heavy atom. The monoisotopic (exact) mass is 299 g/mol. The van der Waals surface area contributed by atoms with E-state index < -0.39 is 0 Å². The Labute approximate surface area is 130 Å². The van der Waals surface area contributed by atoms with Crippen LogP contribution in [0, 0.1) is 25.2 Å². The lowest BCUT2D eigenvalue weighted by atomic mass is 10.1. The fourth-order valence-electron chi connectivity index (χ4n) is 2.42. The van der Waals surface area contributed by atoms with Crippen LogP contribution in [0.25, 0.3) is 0 Å². The molecule has 1 unspecified atom stereocenters. The Kier molecular flexibility index (Phi) is 4.50. The van der Waals surface area contributed by atoms with Gasteiger partial charge < -0.3 is 4.90 Å². The fraction of sp³-hybridized carbons (Fsp3) is 0.294. The van der Waals surface area contributed by atoms with E-state index in [1.807, 2.05) is 56.1 Å². The van der Waals surface area contributed by atoms with Gasteiger partial charge in [-0.25, -0.2) is 4.98 Å². The summed E-state index contributed by atoms with van der Waals surface area (Å²) in [4.78, 5) is 6.54. The van der Waals surface area contributed by atoms with Crippen LogP contribution in [-0.2, 0) is 0 Å². The zero-order chi connectivity index (χ0) is 15.6. The van der Waals surface area contributed by atoms with Crippen LogP contribution < -0.4 is 4.90 Å². The Balaban J connectivity index is 2.48. The lowest BCUT2D eigenvalue weighted by Gasteiger charge is -2.28. The van der Waals surface area contributed by atoms with E-state index in [9.17, 15) is 5.26 Å². The van der Waals surface area contributed by atoms with Crippen LogP contribution >= 0.6 is 11.6 Å². The lowest BCUT2D eigenvalue weighted by Crippen LogP contribution is -2.24. The van der Waals surface area contributed by atoms with Gasteiger partial charge in [-0.2, -0.15) is 5.26 Å². The third kappa shape index (κ3) is 3.01. The third-order valence-electron chi connectivity index (χ3n) is 3.71. The topological polar surface area (TPSA) is 39.9 Å². The Bertz CT molecular complexity index is 704. The molecule has 0 radical (unpaired) electrons. The minimum atomic E-state index is 0.0273.